The monoisotopic (exact) mass is 338 g/mol. The Morgan fingerprint density at radius 3 is 2.52 bits per heavy atom. The lowest BCUT2D eigenvalue weighted by Crippen LogP contribution is -2.36. The predicted molar refractivity (Wildman–Crippen MR) is 89.5 cm³/mol. The molecule has 0 radical (unpaired) electrons. The minimum Gasteiger partial charge on any atom is -0.481 e. The van der Waals surface area contributed by atoms with E-state index in [-0.39, 0.29) is 17.7 Å². The van der Waals surface area contributed by atoms with Crippen molar-refractivity contribution < 1.29 is 14.7 Å². The van der Waals surface area contributed by atoms with Crippen molar-refractivity contribution in [3.05, 3.63) is 54.6 Å². The number of rotatable bonds is 5. The first-order chi connectivity index (χ1) is 12.1. The molecular formula is C18H18N4O3. The number of nitrogens with zero attached hydrogens (tertiary/aromatic N) is 3. The van der Waals surface area contributed by atoms with Crippen molar-refractivity contribution in [3.63, 3.8) is 0 Å². The molecule has 2 aliphatic rings. The molecule has 1 heterocycles. The van der Waals surface area contributed by atoms with E-state index in [4.69, 9.17) is 0 Å². The van der Waals surface area contributed by atoms with Gasteiger partial charge in [0.2, 0.25) is 5.91 Å². The molecule has 25 heavy (non-hydrogen) atoms. The van der Waals surface area contributed by atoms with Crippen LogP contribution in [0.2, 0.25) is 0 Å². The van der Waals surface area contributed by atoms with Crippen molar-refractivity contribution >= 4 is 17.6 Å². The number of benzene rings is 1. The third-order valence-corrected chi connectivity index (χ3v) is 5.08. The minimum absolute atomic E-state index is 0.0247. The zero-order chi connectivity index (χ0) is 17.4. The molecule has 0 aliphatic heterocycles. The third-order valence-electron chi connectivity index (χ3n) is 5.08. The van der Waals surface area contributed by atoms with Gasteiger partial charge in [0, 0.05) is 5.69 Å². The Morgan fingerprint density at radius 2 is 1.88 bits per heavy atom. The van der Waals surface area contributed by atoms with Crippen molar-refractivity contribution in [2.45, 2.75) is 13.0 Å². The zero-order valence-electron chi connectivity index (χ0n) is 13.4. The van der Waals surface area contributed by atoms with Gasteiger partial charge in [-0.2, -0.15) is 5.10 Å². The Balaban J connectivity index is 1.44. The third kappa shape index (κ3) is 2.93. The summed E-state index contributed by atoms with van der Waals surface area (Å²) in [6.45, 7) is 0.604. The molecule has 1 saturated carbocycles. The molecule has 2 N–H and O–H groups in total. The summed E-state index contributed by atoms with van der Waals surface area (Å²) in [5.41, 5.74) is 1.71. The number of carbonyl (C=O) groups is 2. The molecular weight excluding hydrogens is 320 g/mol. The zero-order valence-corrected chi connectivity index (χ0v) is 13.4. The van der Waals surface area contributed by atoms with E-state index in [1.807, 2.05) is 36.4 Å². The molecule has 128 valence electrons. The van der Waals surface area contributed by atoms with Gasteiger partial charge in [-0.05, 0) is 36.0 Å². The van der Waals surface area contributed by atoms with E-state index in [9.17, 15) is 14.7 Å². The van der Waals surface area contributed by atoms with Crippen LogP contribution in [0.15, 0.2) is 49.1 Å². The Kier molecular flexibility index (Phi) is 3.83. The Morgan fingerprint density at radius 1 is 1.16 bits per heavy atom. The fourth-order valence-electron chi connectivity index (χ4n) is 3.94. The van der Waals surface area contributed by atoms with Crippen LogP contribution in [0.4, 0.5) is 5.69 Å². The maximum atomic E-state index is 12.6. The van der Waals surface area contributed by atoms with Crippen LogP contribution in [0, 0.1) is 23.7 Å². The average Bonchev–Trinajstić information content (AvgIpc) is 3.32. The van der Waals surface area contributed by atoms with E-state index in [1.54, 1.807) is 11.0 Å². The molecule has 4 atom stereocenters. The van der Waals surface area contributed by atoms with E-state index < -0.39 is 17.8 Å². The molecule has 1 aromatic heterocycles. The van der Waals surface area contributed by atoms with E-state index >= 15 is 0 Å². The fourth-order valence-corrected chi connectivity index (χ4v) is 3.94. The first-order valence-electron chi connectivity index (χ1n) is 8.25. The normalized spacial score (nSPS) is 26.7. The number of allylic oxidation sites excluding steroid dienone is 2. The number of nitrogens with one attached hydrogen (secondary N) is 1. The lowest BCUT2D eigenvalue weighted by molar-refractivity contribution is -0.146. The number of anilines is 1. The number of amides is 1. The first kappa shape index (κ1) is 15.6. The van der Waals surface area contributed by atoms with E-state index in [1.165, 1.54) is 6.33 Å². The summed E-state index contributed by atoms with van der Waals surface area (Å²) in [6, 6.07) is 7.46. The SMILES string of the molecule is O=C(O)[C@H]1[C@H](C(=O)Nc2ccc(Cn3cncn3)cc2)[C@H]2C=C[C@H]1C2. The van der Waals surface area contributed by atoms with Gasteiger partial charge in [-0.3, -0.25) is 9.59 Å². The van der Waals surface area contributed by atoms with Gasteiger partial charge in [0.15, 0.2) is 0 Å². The molecule has 4 rings (SSSR count). The number of aromatic nitrogens is 3. The summed E-state index contributed by atoms with van der Waals surface area (Å²) in [5.74, 6) is -2.22. The molecule has 1 amide bonds. The van der Waals surface area contributed by atoms with Gasteiger partial charge in [-0.25, -0.2) is 9.67 Å². The molecule has 7 heteroatoms. The molecule has 1 aromatic carbocycles. The van der Waals surface area contributed by atoms with Crippen LogP contribution in [-0.4, -0.2) is 31.7 Å². The Bertz CT molecular complexity index is 813. The van der Waals surface area contributed by atoms with Crippen LogP contribution < -0.4 is 5.32 Å². The van der Waals surface area contributed by atoms with E-state index in [0.29, 0.717) is 12.2 Å². The second-order valence-electron chi connectivity index (χ2n) is 6.62. The molecule has 0 saturated heterocycles. The van der Waals surface area contributed by atoms with Crippen molar-refractivity contribution in [2.24, 2.45) is 23.7 Å². The first-order valence-corrected chi connectivity index (χ1v) is 8.25. The van der Waals surface area contributed by atoms with Gasteiger partial charge in [-0.1, -0.05) is 24.3 Å². The van der Waals surface area contributed by atoms with Crippen LogP contribution in [-0.2, 0) is 16.1 Å². The van der Waals surface area contributed by atoms with E-state index in [0.717, 1.165) is 12.0 Å². The van der Waals surface area contributed by atoms with Gasteiger partial charge in [-0.15, -0.1) is 0 Å². The Labute approximate surface area is 144 Å². The summed E-state index contributed by atoms with van der Waals surface area (Å²) in [4.78, 5) is 28.1. The van der Waals surface area contributed by atoms with Gasteiger partial charge < -0.3 is 10.4 Å². The molecule has 0 unspecified atom stereocenters. The smallest absolute Gasteiger partial charge is 0.307 e. The summed E-state index contributed by atoms with van der Waals surface area (Å²) in [7, 11) is 0. The molecule has 2 aliphatic carbocycles. The van der Waals surface area contributed by atoms with Crippen LogP contribution >= 0.6 is 0 Å². The maximum Gasteiger partial charge on any atom is 0.307 e. The van der Waals surface area contributed by atoms with Crippen LogP contribution in [0.3, 0.4) is 0 Å². The van der Waals surface area contributed by atoms with Gasteiger partial charge in [0.1, 0.15) is 12.7 Å². The average molecular weight is 338 g/mol. The molecule has 2 aromatic rings. The highest BCUT2D eigenvalue weighted by atomic mass is 16.4. The van der Waals surface area contributed by atoms with Gasteiger partial charge >= 0.3 is 5.97 Å². The highest BCUT2D eigenvalue weighted by Gasteiger charge is 2.51. The van der Waals surface area contributed by atoms with Crippen LogP contribution in [0.1, 0.15) is 12.0 Å². The number of aliphatic carboxylic acids is 1. The minimum atomic E-state index is -0.889. The highest BCUT2D eigenvalue weighted by molar-refractivity contribution is 5.96. The van der Waals surface area contributed by atoms with Crippen LogP contribution in [0.25, 0.3) is 0 Å². The van der Waals surface area contributed by atoms with Crippen molar-refractivity contribution in [1.82, 2.24) is 14.8 Å². The number of carboxylic acid groups (broad SMARTS) is 1. The summed E-state index contributed by atoms with van der Waals surface area (Å²) < 4.78 is 1.71. The predicted octanol–water partition coefficient (Wildman–Crippen LogP) is 1.79. The van der Waals surface area contributed by atoms with Crippen molar-refractivity contribution in [2.75, 3.05) is 5.32 Å². The maximum absolute atomic E-state index is 12.6. The topological polar surface area (TPSA) is 97.1 Å². The van der Waals surface area contributed by atoms with Crippen molar-refractivity contribution in [3.8, 4) is 0 Å². The standard InChI is InChI=1S/C18H18N4O3/c23-17(15-12-3-4-13(7-12)16(15)18(24)25)21-14-5-1-11(2-6-14)8-22-10-19-9-20-22/h1-6,9-10,12-13,15-16H,7-8H2,(H,21,23)(H,24,25)/t12-,13-,15+,16+/m0/s1. The number of hydrogen-bond donors (Lipinski definition) is 2. The molecule has 2 bridgehead atoms. The lowest BCUT2D eigenvalue weighted by atomic mass is 9.82. The second-order valence-corrected chi connectivity index (χ2v) is 6.62. The van der Waals surface area contributed by atoms with E-state index in [2.05, 4.69) is 15.4 Å². The number of carbonyl (C=O) groups excluding carboxylic acids is 1. The number of carboxylic acids is 1. The number of hydrogen-bond acceptors (Lipinski definition) is 4. The largest absolute Gasteiger partial charge is 0.481 e. The summed E-state index contributed by atoms with van der Waals surface area (Å²) in [6.07, 6.45) is 7.80. The second kappa shape index (κ2) is 6.16. The summed E-state index contributed by atoms with van der Waals surface area (Å²) in [5, 5.41) is 16.4. The molecule has 7 nitrogen and oxygen atoms in total. The van der Waals surface area contributed by atoms with Crippen molar-refractivity contribution in [1.29, 1.82) is 0 Å². The lowest BCUT2D eigenvalue weighted by Gasteiger charge is -2.23. The van der Waals surface area contributed by atoms with Gasteiger partial charge in [0.25, 0.3) is 0 Å². The number of fused-ring (bicyclic) bond motifs is 2. The fraction of sp³-hybridized carbons (Fsp3) is 0.333. The van der Waals surface area contributed by atoms with Crippen LogP contribution in [0.5, 0.6) is 0 Å². The highest BCUT2D eigenvalue weighted by Crippen LogP contribution is 2.48. The van der Waals surface area contributed by atoms with Gasteiger partial charge in [0.05, 0.1) is 18.4 Å². The summed E-state index contributed by atoms with van der Waals surface area (Å²) >= 11 is 0. The quantitative estimate of drug-likeness (QED) is 0.810. The Hall–Kier alpha value is -2.96. The molecule has 0 spiro atoms. The molecule has 1 fully saturated rings.